The summed E-state index contributed by atoms with van der Waals surface area (Å²) in [4.78, 5) is 38.3. The van der Waals surface area contributed by atoms with Gasteiger partial charge >= 0.3 is 6.03 Å². The minimum Gasteiger partial charge on any atom is -0.495 e. The van der Waals surface area contributed by atoms with Crippen molar-refractivity contribution < 1.29 is 23.9 Å². The van der Waals surface area contributed by atoms with Gasteiger partial charge in [-0.3, -0.25) is 9.59 Å². The molecule has 0 saturated carbocycles. The van der Waals surface area contributed by atoms with E-state index in [0.717, 1.165) is 10.5 Å². The topological polar surface area (TPSA) is 97.0 Å². The zero-order valence-corrected chi connectivity index (χ0v) is 18.5. The van der Waals surface area contributed by atoms with E-state index in [0.29, 0.717) is 29.4 Å². The first-order valence-electron chi connectivity index (χ1n) is 10.6. The second-order valence-electron chi connectivity index (χ2n) is 7.47. The van der Waals surface area contributed by atoms with Gasteiger partial charge in [-0.05, 0) is 41.5 Å². The van der Waals surface area contributed by atoms with Crippen LogP contribution in [0.3, 0.4) is 0 Å². The Hall–Kier alpha value is -4.59. The van der Waals surface area contributed by atoms with E-state index >= 15 is 0 Å². The quantitative estimate of drug-likeness (QED) is 0.396. The number of carbonyl (C=O) groups is 3. The van der Waals surface area contributed by atoms with Gasteiger partial charge in [0.2, 0.25) is 5.91 Å². The van der Waals surface area contributed by atoms with Crippen LogP contribution in [0.5, 0.6) is 11.5 Å². The number of anilines is 1. The lowest BCUT2D eigenvalue weighted by molar-refractivity contribution is -0.127. The number of hydrogen-bond acceptors (Lipinski definition) is 5. The van der Waals surface area contributed by atoms with Crippen LogP contribution in [0.15, 0.2) is 84.6 Å². The molecule has 0 aliphatic carbocycles. The maximum absolute atomic E-state index is 12.7. The first-order valence-corrected chi connectivity index (χ1v) is 10.6. The number of methoxy groups -OCH3 is 1. The summed E-state index contributed by atoms with van der Waals surface area (Å²) in [6.07, 6.45) is 1.55. The molecule has 0 spiro atoms. The first kappa shape index (κ1) is 22.6. The van der Waals surface area contributed by atoms with Gasteiger partial charge < -0.3 is 20.1 Å². The normalized spacial score (nSPS) is 14.1. The number of benzene rings is 3. The molecule has 1 aliphatic heterocycles. The monoisotopic (exact) mass is 457 g/mol. The highest BCUT2D eigenvalue weighted by Gasteiger charge is 2.35. The SMILES string of the molecule is COc1ccccc1NC(=O)CN1C(=O)N/C(=C/c2ccc(OCc3ccccc3)cc2)C1=O. The Balaban J connectivity index is 1.37. The summed E-state index contributed by atoms with van der Waals surface area (Å²) in [5, 5.41) is 5.17. The molecule has 4 rings (SSSR count). The fraction of sp³-hybridized carbons (Fsp3) is 0.115. The predicted octanol–water partition coefficient (Wildman–Crippen LogP) is 3.81. The number of carbonyl (C=O) groups excluding carboxylic acids is 3. The van der Waals surface area contributed by atoms with Crippen LogP contribution >= 0.6 is 0 Å². The van der Waals surface area contributed by atoms with Crippen molar-refractivity contribution in [3.63, 3.8) is 0 Å². The molecule has 4 amide bonds. The molecule has 0 atom stereocenters. The fourth-order valence-corrected chi connectivity index (χ4v) is 3.36. The van der Waals surface area contributed by atoms with E-state index in [-0.39, 0.29) is 5.70 Å². The van der Waals surface area contributed by atoms with Crippen LogP contribution in [0, 0.1) is 0 Å². The van der Waals surface area contributed by atoms with Gasteiger partial charge in [-0.1, -0.05) is 54.6 Å². The lowest BCUT2D eigenvalue weighted by Crippen LogP contribution is -2.38. The van der Waals surface area contributed by atoms with Crippen LogP contribution in [0.2, 0.25) is 0 Å². The van der Waals surface area contributed by atoms with Gasteiger partial charge in [-0.25, -0.2) is 9.69 Å². The molecule has 1 aliphatic rings. The number of ether oxygens (including phenoxy) is 2. The molecule has 0 unspecified atom stereocenters. The highest BCUT2D eigenvalue weighted by molar-refractivity contribution is 6.16. The zero-order valence-electron chi connectivity index (χ0n) is 18.5. The van der Waals surface area contributed by atoms with E-state index in [1.54, 1.807) is 54.6 Å². The molecule has 2 N–H and O–H groups in total. The molecule has 3 aromatic rings. The molecule has 0 radical (unpaired) electrons. The van der Waals surface area contributed by atoms with Gasteiger partial charge in [0.05, 0.1) is 12.8 Å². The van der Waals surface area contributed by atoms with Crippen LogP contribution in [0.25, 0.3) is 6.08 Å². The van der Waals surface area contributed by atoms with Crippen LogP contribution in [0.4, 0.5) is 10.5 Å². The molecule has 1 heterocycles. The minimum atomic E-state index is -0.658. The standard InChI is InChI=1S/C26H23N3O5/c1-33-23-10-6-5-9-21(23)27-24(30)16-29-25(31)22(28-26(29)32)15-18-11-13-20(14-12-18)34-17-19-7-3-2-4-8-19/h2-15H,16-17H2,1H3,(H,27,30)(H,28,32)/b22-15+. The van der Waals surface area contributed by atoms with Gasteiger partial charge in [-0.15, -0.1) is 0 Å². The lowest BCUT2D eigenvalue weighted by atomic mass is 10.2. The first-order chi connectivity index (χ1) is 16.5. The minimum absolute atomic E-state index is 0.0908. The van der Waals surface area contributed by atoms with E-state index in [4.69, 9.17) is 9.47 Å². The van der Waals surface area contributed by atoms with Crippen molar-refractivity contribution in [1.82, 2.24) is 10.2 Å². The Kier molecular flexibility index (Phi) is 6.88. The zero-order chi connectivity index (χ0) is 23.9. The Morgan fingerprint density at radius 3 is 2.41 bits per heavy atom. The Labute approximate surface area is 196 Å². The van der Waals surface area contributed by atoms with Gasteiger partial charge in [0.15, 0.2) is 0 Å². The van der Waals surface area contributed by atoms with E-state index in [9.17, 15) is 14.4 Å². The summed E-state index contributed by atoms with van der Waals surface area (Å²) in [7, 11) is 1.49. The number of rotatable bonds is 8. The number of nitrogens with zero attached hydrogens (tertiary/aromatic N) is 1. The van der Waals surface area contributed by atoms with Gasteiger partial charge in [0.1, 0.15) is 30.3 Å². The summed E-state index contributed by atoms with van der Waals surface area (Å²) < 4.78 is 11.0. The maximum atomic E-state index is 12.7. The molecule has 1 saturated heterocycles. The number of amides is 4. The third kappa shape index (κ3) is 5.42. The second kappa shape index (κ2) is 10.4. The molecular weight excluding hydrogens is 434 g/mol. The Morgan fingerprint density at radius 1 is 0.971 bits per heavy atom. The van der Waals surface area contributed by atoms with Crippen molar-refractivity contribution in [3.05, 3.63) is 95.7 Å². The third-order valence-corrected chi connectivity index (χ3v) is 5.08. The Morgan fingerprint density at radius 2 is 1.68 bits per heavy atom. The molecule has 172 valence electrons. The van der Waals surface area contributed by atoms with Crippen molar-refractivity contribution >= 4 is 29.6 Å². The number of imide groups is 1. The van der Waals surface area contributed by atoms with Crippen molar-refractivity contribution in [2.24, 2.45) is 0 Å². The molecule has 0 bridgehead atoms. The van der Waals surface area contributed by atoms with Gasteiger partial charge in [0, 0.05) is 0 Å². The summed E-state index contributed by atoms with van der Waals surface area (Å²) >= 11 is 0. The van der Waals surface area contributed by atoms with E-state index < -0.39 is 24.4 Å². The van der Waals surface area contributed by atoms with Crippen molar-refractivity contribution in [2.75, 3.05) is 19.0 Å². The van der Waals surface area contributed by atoms with Crippen LogP contribution in [0.1, 0.15) is 11.1 Å². The largest absolute Gasteiger partial charge is 0.495 e. The summed E-state index contributed by atoms with van der Waals surface area (Å²) in [6.45, 7) is 0.0218. The fourth-order valence-electron chi connectivity index (χ4n) is 3.36. The van der Waals surface area contributed by atoms with Crippen molar-refractivity contribution in [1.29, 1.82) is 0 Å². The van der Waals surface area contributed by atoms with E-state index in [1.807, 2.05) is 30.3 Å². The van der Waals surface area contributed by atoms with Crippen LogP contribution in [-0.2, 0) is 16.2 Å². The summed E-state index contributed by atoms with van der Waals surface area (Å²) in [5.74, 6) is 0.0611. The van der Waals surface area contributed by atoms with Gasteiger partial charge in [-0.2, -0.15) is 0 Å². The lowest BCUT2D eigenvalue weighted by Gasteiger charge is -2.13. The average molecular weight is 457 g/mol. The second-order valence-corrected chi connectivity index (χ2v) is 7.47. The number of hydrogen-bond donors (Lipinski definition) is 2. The molecule has 3 aromatic carbocycles. The highest BCUT2D eigenvalue weighted by Crippen LogP contribution is 2.23. The predicted molar refractivity (Wildman–Crippen MR) is 127 cm³/mol. The highest BCUT2D eigenvalue weighted by atomic mass is 16.5. The Bertz CT molecular complexity index is 1220. The number of para-hydroxylation sites is 2. The number of urea groups is 1. The summed E-state index contributed by atoms with van der Waals surface area (Å²) in [5.41, 5.74) is 2.30. The maximum Gasteiger partial charge on any atom is 0.329 e. The van der Waals surface area contributed by atoms with Gasteiger partial charge in [0.25, 0.3) is 5.91 Å². The third-order valence-electron chi connectivity index (χ3n) is 5.08. The molecule has 8 heteroatoms. The van der Waals surface area contributed by atoms with Crippen molar-refractivity contribution in [3.8, 4) is 11.5 Å². The van der Waals surface area contributed by atoms with Crippen molar-refractivity contribution in [2.45, 2.75) is 6.61 Å². The van der Waals surface area contributed by atoms with Crippen LogP contribution < -0.4 is 20.1 Å². The molecule has 8 nitrogen and oxygen atoms in total. The summed E-state index contributed by atoms with van der Waals surface area (Å²) in [6, 6.07) is 23.2. The molecular formula is C26H23N3O5. The molecule has 0 aromatic heterocycles. The molecule has 1 fully saturated rings. The van der Waals surface area contributed by atoms with E-state index in [1.165, 1.54) is 7.11 Å². The van der Waals surface area contributed by atoms with E-state index in [2.05, 4.69) is 10.6 Å². The molecule has 34 heavy (non-hydrogen) atoms. The smallest absolute Gasteiger partial charge is 0.329 e. The van der Waals surface area contributed by atoms with Crippen LogP contribution in [-0.4, -0.2) is 36.4 Å². The average Bonchev–Trinajstić information content (AvgIpc) is 3.11. The number of nitrogens with one attached hydrogen (secondary N) is 2.